The Hall–Kier alpha value is -1.04. The molecule has 0 amide bonds. The molecule has 2 aliphatic carbocycles. The number of hydrogen-bond acceptors (Lipinski definition) is 0. The van der Waals surface area contributed by atoms with Crippen LogP contribution in [0.1, 0.15) is 45.6 Å². The van der Waals surface area contributed by atoms with Crippen molar-refractivity contribution in [3.8, 4) is 0 Å². The van der Waals surface area contributed by atoms with Crippen molar-refractivity contribution < 1.29 is 0 Å². The molecule has 0 unspecified atom stereocenters. The van der Waals surface area contributed by atoms with Gasteiger partial charge >= 0.3 is 0 Å². The second kappa shape index (κ2) is 3.73. The lowest BCUT2D eigenvalue weighted by Crippen LogP contribution is -2.32. The van der Waals surface area contributed by atoms with Gasteiger partial charge in [0, 0.05) is 0 Å². The highest BCUT2D eigenvalue weighted by Gasteiger charge is 2.51. The van der Waals surface area contributed by atoms with E-state index < -0.39 is 0 Å². The number of fused-ring (bicyclic) bond motifs is 1. The Kier molecular flexibility index (Phi) is 2.43. The molecule has 1 aromatic rings. The average molecular weight is 226 g/mol. The van der Waals surface area contributed by atoms with Crippen LogP contribution >= 0.6 is 0 Å². The van der Waals surface area contributed by atoms with E-state index in [-0.39, 0.29) is 0 Å². The van der Waals surface area contributed by atoms with Crippen molar-refractivity contribution in [3.63, 3.8) is 0 Å². The molecule has 1 fully saturated rings. The van der Waals surface area contributed by atoms with Crippen molar-refractivity contribution in [1.29, 1.82) is 0 Å². The monoisotopic (exact) mass is 226 g/mol. The molecule has 0 aromatic heterocycles. The summed E-state index contributed by atoms with van der Waals surface area (Å²) in [5.74, 6) is 1.76. The molecule has 0 radical (unpaired) electrons. The minimum Gasteiger partial charge on any atom is -0.0622 e. The maximum Gasteiger partial charge on any atom is -0.0105 e. The zero-order valence-electron chi connectivity index (χ0n) is 11.2. The van der Waals surface area contributed by atoms with E-state index in [0.29, 0.717) is 5.41 Å². The van der Waals surface area contributed by atoms with E-state index >= 15 is 0 Å². The lowest BCUT2D eigenvalue weighted by Gasteiger charge is -2.41. The summed E-state index contributed by atoms with van der Waals surface area (Å²) in [6.07, 6.45) is 4.05. The summed E-state index contributed by atoms with van der Waals surface area (Å²) >= 11 is 0. The first-order valence-corrected chi connectivity index (χ1v) is 6.95. The van der Waals surface area contributed by atoms with E-state index in [4.69, 9.17) is 0 Å². The van der Waals surface area contributed by atoms with E-state index in [1.54, 1.807) is 11.1 Å². The summed E-state index contributed by atoms with van der Waals surface area (Å²) in [4.78, 5) is 0. The van der Waals surface area contributed by atoms with Gasteiger partial charge in [0.05, 0.1) is 0 Å². The second-order valence-electron chi connectivity index (χ2n) is 6.12. The summed E-state index contributed by atoms with van der Waals surface area (Å²) in [6.45, 7) is 7.24. The second-order valence-corrected chi connectivity index (χ2v) is 6.12. The van der Waals surface area contributed by atoms with Crippen LogP contribution in [-0.2, 0) is 0 Å². The number of benzene rings is 1. The summed E-state index contributed by atoms with van der Waals surface area (Å²) in [7, 11) is 0. The van der Waals surface area contributed by atoms with Gasteiger partial charge in [0.1, 0.15) is 0 Å². The Morgan fingerprint density at radius 3 is 2.35 bits per heavy atom. The van der Waals surface area contributed by atoms with E-state index in [1.165, 1.54) is 24.8 Å². The smallest absolute Gasteiger partial charge is 0.0105 e. The summed E-state index contributed by atoms with van der Waals surface area (Å²) in [5.41, 5.74) is 5.32. The highest BCUT2D eigenvalue weighted by molar-refractivity contribution is 5.75. The fourth-order valence-electron chi connectivity index (χ4n) is 4.16. The summed E-state index contributed by atoms with van der Waals surface area (Å²) in [6, 6.07) is 11.1. The van der Waals surface area contributed by atoms with Gasteiger partial charge in [-0.3, -0.25) is 0 Å². The highest BCUT2D eigenvalue weighted by atomic mass is 14.6. The molecule has 0 aliphatic heterocycles. The van der Waals surface area contributed by atoms with E-state index in [0.717, 1.165) is 11.8 Å². The number of hydrogen-bond donors (Lipinski definition) is 0. The van der Waals surface area contributed by atoms with Gasteiger partial charge in [0.2, 0.25) is 0 Å². The Balaban J connectivity index is 2.13. The standard InChI is InChI=1S/C17H22/c1-4-14-16(12-8-6-5-7-9-12)13-10-11-15(13)17(14,2)3/h5-9,13,15H,4,10-11H2,1-3H3/t13-,15+/m1/s1. The summed E-state index contributed by atoms with van der Waals surface area (Å²) < 4.78 is 0. The van der Waals surface area contributed by atoms with Gasteiger partial charge in [0.15, 0.2) is 0 Å². The van der Waals surface area contributed by atoms with Crippen LogP contribution in [0.3, 0.4) is 0 Å². The van der Waals surface area contributed by atoms with E-state index in [1.807, 2.05) is 0 Å². The Morgan fingerprint density at radius 2 is 1.82 bits per heavy atom. The SMILES string of the molecule is CCC1=C(c2ccccc2)[C@@H]2CC[C@@H]2C1(C)C. The molecular formula is C17H22. The van der Waals surface area contributed by atoms with Crippen LogP contribution < -0.4 is 0 Å². The lowest BCUT2D eigenvalue weighted by molar-refractivity contribution is 0.130. The molecule has 2 aliphatic rings. The first kappa shape index (κ1) is 11.1. The van der Waals surface area contributed by atoms with Gasteiger partial charge in [0.25, 0.3) is 0 Å². The topological polar surface area (TPSA) is 0 Å². The molecule has 1 aromatic carbocycles. The van der Waals surface area contributed by atoms with Gasteiger partial charge in [-0.05, 0) is 47.6 Å². The Labute approximate surface area is 105 Å². The molecule has 2 atom stereocenters. The van der Waals surface area contributed by atoms with Gasteiger partial charge < -0.3 is 0 Å². The van der Waals surface area contributed by atoms with Gasteiger partial charge in [-0.1, -0.05) is 56.7 Å². The van der Waals surface area contributed by atoms with Crippen LogP contribution in [0.4, 0.5) is 0 Å². The maximum atomic E-state index is 2.46. The Morgan fingerprint density at radius 1 is 1.12 bits per heavy atom. The number of rotatable bonds is 2. The summed E-state index contributed by atoms with van der Waals surface area (Å²) in [5, 5.41) is 0. The average Bonchev–Trinajstić information content (AvgIpc) is 2.41. The minimum absolute atomic E-state index is 0.433. The first-order valence-electron chi connectivity index (χ1n) is 6.95. The van der Waals surface area contributed by atoms with E-state index in [9.17, 15) is 0 Å². The molecule has 0 nitrogen and oxygen atoms in total. The van der Waals surface area contributed by atoms with Crippen LogP contribution in [0.5, 0.6) is 0 Å². The number of allylic oxidation sites excluding steroid dienone is 2. The highest BCUT2D eigenvalue weighted by Crippen LogP contribution is 2.63. The van der Waals surface area contributed by atoms with Crippen molar-refractivity contribution in [2.75, 3.05) is 0 Å². The fraction of sp³-hybridized carbons (Fsp3) is 0.529. The molecule has 0 saturated heterocycles. The molecule has 0 bridgehead atoms. The predicted molar refractivity (Wildman–Crippen MR) is 73.6 cm³/mol. The molecular weight excluding hydrogens is 204 g/mol. The normalized spacial score (nSPS) is 30.1. The van der Waals surface area contributed by atoms with Gasteiger partial charge in [-0.2, -0.15) is 0 Å². The molecule has 1 saturated carbocycles. The lowest BCUT2D eigenvalue weighted by atomic mass is 9.63. The zero-order chi connectivity index (χ0) is 12.0. The predicted octanol–water partition coefficient (Wildman–Crippen LogP) is 4.92. The molecule has 90 valence electrons. The molecule has 0 heteroatoms. The van der Waals surface area contributed by atoms with Crippen LogP contribution in [0.15, 0.2) is 35.9 Å². The largest absolute Gasteiger partial charge is 0.0622 e. The van der Waals surface area contributed by atoms with Crippen molar-refractivity contribution in [2.45, 2.75) is 40.0 Å². The van der Waals surface area contributed by atoms with Crippen molar-refractivity contribution in [3.05, 3.63) is 41.5 Å². The van der Waals surface area contributed by atoms with Gasteiger partial charge in [-0.25, -0.2) is 0 Å². The maximum absolute atomic E-state index is 2.46. The third kappa shape index (κ3) is 1.43. The molecule has 3 rings (SSSR count). The minimum atomic E-state index is 0.433. The van der Waals surface area contributed by atoms with Crippen LogP contribution in [0.25, 0.3) is 5.57 Å². The van der Waals surface area contributed by atoms with Crippen LogP contribution in [-0.4, -0.2) is 0 Å². The third-order valence-electron chi connectivity index (χ3n) is 5.11. The fourth-order valence-corrected chi connectivity index (χ4v) is 4.16. The van der Waals surface area contributed by atoms with Gasteiger partial charge in [-0.15, -0.1) is 0 Å². The molecule has 0 N–H and O–H groups in total. The van der Waals surface area contributed by atoms with E-state index in [2.05, 4.69) is 51.1 Å². The van der Waals surface area contributed by atoms with Crippen molar-refractivity contribution in [2.24, 2.45) is 17.3 Å². The Bertz CT molecular complexity index is 450. The molecule has 0 heterocycles. The first-order chi connectivity index (χ1) is 8.16. The zero-order valence-corrected chi connectivity index (χ0v) is 11.2. The van der Waals surface area contributed by atoms with Crippen LogP contribution in [0.2, 0.25) is 0 Å². The molecule has 17 heavy (non-hydrogen) atoms. The van der Waals surface area contributed by atoms with Crippen LogP contribution in [0, 0.1) is 17.3 Å². The van der Waals surface area contributed by atoms with Crippen molar-refractivity contribution >= 4 is 5.57 Å². The molecule has 0 spiro atoms. The van der Waals surface area contributed by atoms with Crippen molar-refractivity contribution in [1.82, 2.24) is 0 Å². The quantitative estimate of drug-likeness (QED) is 0.671. The third-order valence-corrected chi connectivity index (χ3v) is 5.11.